The lowest BCUT2D eigenvalue weighted by Gasteiger charge is -2.23. The van der Waals surface area contributed by atoms with Crippen molar-refractivity contribution >= 4 is 11.9 Å². The highest BCUT2D eigenvalue weighted by Gasteiger charge is 2.19. The van der Waals surface area contributed by atoms with Gasteiger partial charge in [-0.25, -0.2) is 0 Å². The van der Waals surface area contributed by atoms with E-state index in [1.807, 2.05) is 20.8 Å². The van der Waals surface area contributed by atoms with Crippen LogP contribution >= 0.6 is 0 Å². The van der Waals surface area contributed by atoms with Crippen molar-refractivity contribution in [2.24, 2.45) is 0 Å². The van der Waals surface area contributed by atoms with Crippen molar-refractivity contribution in [1.82, 2.24) is 5.32 Å². The molecule has 0 spiro atoms. The monoisotopic (exact) mass is 215 g/mol. The lowest BCUT2D eigenvalue weighted by molar-refractivity contribution is -0.156. The maximum Gasteiger partial charge on any atom is 0.306 e. The van der Waals surface area contributed by atoms with Crippen LogP contribution in [0.3, 0.4) is 0 Å². The molecule has 0 aliphatic heterocycles. The molecule has 1 N–H and O–H groups in total. The van der Waals surface area contributed by atoms with Gasteiger partial charge in [-0.1, -0.05) is 6.92 Å². The van der Waals surface area contributed by atoms with Gasteiger partial charge < -0.3 is 10.1 Å². The molecule has 0 aromatic carbocycles. The third kappa shape index (κ3) is 7.97. The molecule has 4 heteroatoms. The van der Waals surface area contributed by atoms with Gasteiger partial charge in [0.1, 0.15) is 5.60 Å². The standard InChI is InChI=1S/C11H21NO3/c1-5-11(3,4)15-10(14)7-6-8-12-9(2)13/h5-8H2,1-4H3,(H,12,13). The zero-order chi connectivity index (χ0) is 11.9. The van der Waals surface area contributed by atoms with Crippen LogP contribution in [0.25, 0.3) is 0 Å². The second-order valence-corrected chi connectivity index (χ2v) is 4.17. The number of hydrogen-bond acceptors (Lipinski definition) is 3. The van der Waals surface area contributed by atoms with Crippen LogP contribution in [0, 0.1) is 0 Å². The number of carbonyl (C=O) groups is 2. The predicted molar refractivity (Wildman–Crippen MR) is 58.4 cm³/mol. The number of hydrogen-bond donors (Lipinski definition) is 1. The summed E-state index contributed by atoms with van der Waals surface area (Å²) in [5, 5.41) is 2.63. The topological polar surface area (TPSA) is 55.4 Å². The first-order valence-corrected chi connectivity index (χ1v) is 5.33. The molecule has 0 aromatic heterocycles. The molecule has 0 rings (SSSR count). The highest BCUT2D eigenvalue weighted by Crippen LogP contribution is 2.14. The van der Waals surface area contributed by atoms with Crippen molar-refractivity contribution in [3.8, 4) is 0 Å². The van der Waals surface area contributed by atoms with E-state index < -0.39 is 0 Å². The predicted octanol–water partition coefficient (Wildman–Crippen LogP) is 1.63. The summed E-state index contributed by atoms with van der Waals surface area (Å²) in [5.74, 6) is -0.274. The molecular weight excluding hydrogens is 194 g/mol. The summed E-state index contributed by atoms with van der Waals surface area (Å²) in [4.78, 5) is 21.9. The van der Waals surface area contributed by atoms with Gasteiger partial charge in [0.25, 0.3) is 0 Å². The number of rotatable bonds is 6. The summed E-state index contributed by atoms with van der Waals surface area (Å²) in [7, 11) is 0. The van der Waals surface area contributed by atoms with Crippen LogP contribution in [0.4, 0.5) is 0 Å². The summed E-state index contributed by atoms with van der Waals surface area (Å²) >= 11 is 0. The Kier molecular flexibility index (Phi) is 5.97. The molecule has 0 fully saturated rings. The molecule has 0 aliphatic carbocycles. The zero-order valence-electron chi connectivity index (χ0n) is 10.1. The molecule has 0 aliphatic rings. The molecule has 0 bridgehead atoms. The third-order valence-electron chi connectivity index (χ3n) is 2.17. The van der Waals surface area contributed by atoms with Crippen LogP contribution in [-0.4, -0.2) is 24.0 Å². The van der Waals surface area contributed by atoms with E-state index in [-0.39, 0.29) is 17.5 Å². The first-order valence-electron chi connectivity index (χ1n) is 5.33. The summed E-state index contributed by atoms with van der Waals surface area (Å²) in [6.45, 7) is 7.73. The fourth-order valence-corrected chi connectivity index (χ4v) is 0.929. The van der Waals surface area contributed by atoms with Crippen LogP contribution in [0.15, 0.2) is 0 Å². The van der Waals surface area contributed by atoms with Crippen molar-refractivity contribution in [3.05, 3.63) is 0 Å². The van der Waals surface area contributed by atoms with Crippen molar-refractivity contribution in [3.63, 3.8) is 0 Å². The van der Waals surface area contributed by atoms with E-state index in [9.17, 15) is 9.59 Å². The van der Waals surface area contributed by atoms with Crippen molar-refractivity contribution in [1.29, 1.82) is 0 Å². The van der Waals surface area contributed by atoms with E-state index in [0.717, 1.165) is 6.42 Å². The molecule has 88 valence electrons. The van der Waals surface area contributed by atoms with Gasteiger partial charge >= 0.3 is 5.97 Å². The minimum atomic E-state index is -0.384. The first kappa shape index (κ1) is 13.9. The SMILES string of the molecule is CCC(C)(C)OC(=O)CCCNC(C)=O. The molecule has 0 saturated carbocycles. The number of carbonyl (C=O) groups excluding carboxylic acids is 2. The van der Waals surface area contributed by atoms with E-state index >= 15 is 0 Å². The Morgan fingerprint density at radius 3 is 2.40 bits per heavy atom. The van der Waals surface area contributed by atoms with Crippen molar-refractivity contribution in [2.45, 2.75) is 52.6 Å². The quantitative estimate of drug-likeness (QED) is 0.541. The van der Waals surface area contributed by atoms with Gasteiger partial charge in [0, 0.05) is 19.9 Å². The first-order chi connectivity index (χ1) is 6.87. The summed E-state index contributed by atoms with van der Waals surface area (Å²) < 4.78 is 5.24. The second kappa shape index (κ2) is 6.43. The van der Waals surface area contributed by atoms with Crippen LogP contribution < -0.4 is 5.32 Å². The fraction of sp³-hybridized carbons (Fsp3) is 0.818. The van der Waals surface area contributed by atoms with Crippen LogP contribution in [0.2, 0.25) is 0 Å². The maximum absolute atomic E-state index is 11.3. The largest absolute Gasteiger partial charge is 0.460 e. The number of nitrogens with one attached hydrogen (secondary N) is 1. The van der Waals surface area contributed by atoms with Gasteiger partial charge in [-0.2, -0.15) is 0 Å². The second-order valence-electron chi connectivity index (χ2n) is 4.17. The molecule has 15 heavy (non-hydrogen) atoms. The minimum absolute atomic E-state index is 0.0720. The molecule has 0 radical (unpaired) electrons. The van der Waals surface area contributed by atoms with Crippen molar-refractivity contribution in [2.75, 3.05) is 6.54 Å². The van der Waals surface area contributed by atoms with Gasteiger partial charge in [0.2, 0.25) is 5.91 Å². The van der Waals surface area contributed by atoms with Crippen LogP contribution in [-0.2, 0) is 14.3 Å². The van der Waals surface area contributed by atoms with Gasteiger partial charge in [-0.05, 0) is 26.7 Å². The molecule has 0 heterocycles. The molecule has 0 atom stereocenters. The van der Waals surface area contributed by atoms with Gasteiger partial charge in [-0.3, -0.25) is 9.59 Å². The fourth-order valence-electron chi connectivity index (χ4n) is 0.929. The molecule has 4 nitrogen and oxygen atoms in total. The van der Waals surface area contributed by atoms with E-state index in [0.29, 0.717) is 19.4 Å². The average molecular weight is 215 g/mol. The van der Waals surface area contributed by atoms with E-state index in [1.54, 1.807) is 0 Å². The zero-order valence-corrected chi connectivity index (χ0v) is 10.1. The lowest BCUT2D eigenvalue weighted by atomic mass is 10.1. The van der Waals surface area contributed by atoms with Crippen LogP contribution in [0.5, 0.6) is 0 Å². The summed E-state index contributed by atoms with van der Waals surface area (Å²) in [5.41, 5.74) is -0.384. The molecule has 0 aromatic rings. The average Bonchev–Trinajstić information content (AvgIpc) is 2.11. The van der Waals surface area contributed by atoms with Crippen LogP contribution in [0.1, 0.15) is 47.0 Å². The normalized spacial score (nSPS) is 10.9. The molecule has 0 saturated heterocycles. The number of esters is 1. The Morgan fingerprint density at radius 1 is 1.33 bits per heavy atom. The lowest BCUT2D eigenvalue weighted by Crippen LogP contribution is -2.28. The maximum atomic E-state index is 11.3. The molecule has 0 unspecified atom stereocenters. The smallest absolute Gasteiger partial charge is 0.306 e. The Bertz CT molecular complexity index is 224. The molecule has 1 amide bonds. The van der Waals surface area contributed by atoms with E-state index in [4.69, 9.17) is 4.74 Å². The minimum Gasteiger partial charge on any atom is -0.460 e. The Hall–Kier alpha value is -1.06. The van der Waals surface area contributed by atoms with Gasteiger partial charge in [-0.15, -0.1) is 0 Å². The third-order valence-corrected chi connectivity index (χ3v) is 2.17. The highest BCUT2D eigenvalue weighted by molar-refractivity contribution is 5.73. The van der Waals surface area contributed by atoms with E-state index in [2.05, 4.69) is 5.32 Å². The highest BCUT2D eigenvalue weighted by atomic mass is 16.6. The summed E-state index contributed by atoms with van der Waals surface area (Å²) in [6.07, 6.45) is 1.77. The molecular formula is C11H21NO3. The Balaban J connectivity index is 3.62. The number of ether oxygens (including phenoxy) is 1. The summed E-state index contributed by atoms with van der Waals surface area (Å²) in [6, 6.07) is 0. The van der Waals surface area contributed by atoms with Gasteiger partial charge in [0.15, 0.2) is 0 Å². The Morgan fingerprint density at radius 2 is 1.93 bits per heavy atom. The van der Waals surface area contributed by atoms with E-state index in [1.165, 1.54) is 6.92 Å². The van der Waals surface area contributed by atoms with Gasteiger partial charge in [0.05, 0.1) is 0 Å². The van der Waals surface area contributed by atoms with Crippen molar-refractivity contribution < 1.29 is 14.3 Å². The number of amides is 1. The Labute approximate surface area is 91.4 Å².